The van der Waals surface area contributed by atoms with Crippen LogP contribution in [0.15, 0.2) is 79.7 Å². The fourth-order valence-electron chi connectivity index (χ4n) is 10.8. The predicted molar refractivity (Wildman–Crippen MR) is 245 cm³/mol. The van der Waals surface area contributed by atoms with Crippen molar-refractivity contribution in [2.75, 3.05) is 37.7 Å². The summed E-state index contributed by atoms with van der Waals surface area (Å²) in [4.78, 5) is 70.1. The lowest BCUT2D eigenvalue weighted by Gasteiger charge is -2.36. The second-order valence-electron chi connectivity index (χ2n) is 19.0. The molecule has 4 fully saturated rings. The van der Waals surface area contributed by atoms with Gasteiger partial charge < -0.3 is 19.1 Å². The minimum absolute atomic E-state index is 0.00750. The lowest BCUT2D eigenvalue weighted by Crippen LogP contribution is -2.45. The molecule has 3 aromatic heterocycles. The molecule has 18 heteroatoms. The molecule has 3 amide bonds. The van der Waals surface area contributed by atoms with Gasteiger partial charge in [-0.05, 0) is 136 Å². The molecular formula is C49H51FN8O8S. The van der Waals surface area contributed by atoms with Crippen LogP contribution in [0.4, 0.5) is 15.1 Å². The summed E-state index contributed by atoms with van der Waals surface area (Å²) in [6.07, 6.45) is 3.86. The Hall–Kier alpha value is -6.40. The molecule has 11 rings (SSSR count). The molecule has 2 saturated heterocycles. The summed E-state index contributed by atoms with van der Waals surface area (Å²) in [5.74, 6) is -0.705. The van der Waals surface area contributed by atoms with Crippen LogP contribution in [0, 0.1) is 25.6 Å². The number of aromatic amines is 1. The van der Waals surface area contributed by atoms with Crippen LogP contribution in [0.3, 0.4) is 0 Å². The van der Waals surface area contributed by atoms with E-state index in [-0.39, 0.29) is 60.5 Å². The smallest absolute Gasteiger partial charge is 0.381 e. The van der Waals surface area contributed by atoms with Crippen molar-refractivity contribution in [2.45, 2.75) is 100 Å². The first kappa shape index (κ1) is 43.2. The number of hydrogen-bond donors (Lipinski definition) is 1. The van der Waals surface area contributed by atoms with E-state index in [1.807, 2.05) is 30.5 Å². The van der Waals surface area contributed by atoms with E-state index in [0.29, 0.717) is 78.0 Å². The molecule has 3 aliphatic heterocycles. The highest BCUT2D eigenvalue weighted by Gasteiger charge is 2.59. The molecule has 5 aliphatic rings. The van der Waals surface area contributed by atoms with Gasteiger partial charge in [0.25, 0.3) is 11.5 Å². The second kappa shape index (κ2) is 15.9. The Balaban J connectivity index is 0.974. The number of hydrogen-bond acceptors (Lipinski definition) is 10. The number of H-pyrrole nitrogens is 1. The minimum Gasteiger partial charge on any atom is -0.381 e. The second-order valence-corrected chi connectivity index (χ2v) is 21.2. The van der Waals surface area contributed by atoms with E-state index in [9.17, 15) is 22.8 Å². The molecule has 0 bridgehead atoms. The maximum atomic E-state index is 15.3. The molecule has 16 nitrogen and oxygen atoms in total. The van der Waals surface area contributed by atoms with E-state index >= 15 is 9.18 Å². The summed E-state index contributed by atoms with van der Waals surface area (Å²) in [6, 6.07) is 16.8. The summed E-state index contributed by atoms with van der Waals surface area (Å²) in [7, 11) is -3.38. The zero-order valence-corrected chi connectivity index (χ0v) is 38.6. The molecule has 348 valence electrons. The van der Waals surface area contributed by atoms with Gasteiger partial charge in [0.2, 0.25) is 5.95 Å². The van der Waals surface area contributed by atoms with E-state index in [1.165, 1.54) is 9.47 Å². The Morgan fingerprint density at radius 2 is 1.64 bits per heavy atom. The average Bonchev–Trinajstić information content (AvgIpc) is 4.16. The quantitative estimate of drug-likeness (QED) is 0.160. The van der Waals surface area contributed by atoms with Crippen LogP contribution in [-0.4, -0.2) is 92.5 Å². The third kappa shape index (κ3) is 7.04. The van der Waals surface area contributed by atoms with Crippen molar-refractivity contribution in [3.63, 3.8) is 0 Å². The molecule has 0 spiro atoms. The van der Waals surface area contributed by atoms with Crippen molar-refractivity contribution in [1.82, 2.24) is 34.1 Å². The molecule has 1 N–H and O–H groups in total. The topological polar surface area (TPSA) is 186 Å². The van der Waals surface area contributed by atoms with Crippen LogP contribution < -0.4 is 16.2 Å². The summed E-state index contributed by atoms with van der Waals surface area (Å²) in [5, 5.41) is 4.67. The first-order valence-corrected chi connectivity index (χ1v) is 24.6. The molecule has 6 aromatic rings. The highest BCUT2D eigenvalue weighted by molar-refractivity contribution is 7.92. The van der Waals surface area contributed by atoms with Gasteiger partial charge in [0.15, 0.2) is 15.7 Å². The molecule has 0 radical (unpaired) electrons. The number of fused-ring (bicyclic) bond motifs is 2. The normalized spacial score (nSPS) is 22.2. The van der Waals surface area contributed by atoms with Crippen LogP contribution in [0.1, 0.15) is 108 Å². The number of nitrogens with one attached hydrogen (secondary N) is 1. The molecule has 3 atom stereocenters. The maximum Gasteiger partial charge on any atom is 0.438 e. The van der Waals surface area contributed by atoms with Crippen LogP contribution in [0.25, 0.3) is 16.6 Å². The van der Waals surface area contributed by atoms with Gasteiger partial charge in [-0.1, -0.05) is 30.3 Å². The van der Waals surface area contributed by atoms with Crippen molar-refractivity contribution in [3.8, 4) is 5.69 Å². The van der Waals surface area contributed by atoms with Gasteiger partial charge in [0, 0.05) is 55.9 Å². The largest absolute Gasteiger partial charge is 0.438 e. The highest BCUT2D eigenvalue weighted by Crippen LogP contribution is 2.56. The molecule has 2 saturated carbocycles. The number of nitrogens with zero attached hydrogens (tertiary/aromatic N) is 7. The number of amides is 3. The van der Waals surface area contributed by atoms with Crippen molar-refractivity contribution >= 4 is 38.6 Å². The van der Waals surface area contributed by atoms with Crippen molar-refractivity contribution in [3.05, 3.63) is 132 Å². The SMILES string of the molecule is Cc1cc(-n2c(N3CCN(Cc4ccc(S(=O)(=O)C5CC5)cc4)C3=O)nc3c(c2=O)CCN(C(=O)c2cc4cc(C5CCOCC5)ccc4n2[C@]2(c4noc(=O)[nH]4)C[C@H]2C)[C@H]3C)cc(C)c1F. The Morgan fingerprint density at radius 1 is 0.925 bits per heavy atom. The predicted octanol–water partition coefficient (Wildman–Crippen LogP) is 6.43. The number of carbonyl (C=O) groups excluding carboxylic acids is 2. The fourth-order valence-corrected chi connectivity index (χ4v) is 12.4. The van der Waals surface area contributed by atoms with Crippen molar-refractivity contribution < 1.29 is 31.7 Å². The lowest BCUT2D eigenvalue weighted by molar-refractivity contribution is 0.0658. The van der Waals surface area contributed by atoms with Gasteiger partial charge in [0.05, 0.1) is 27.6 Å². The van der Waals surface area contributed by atoms with E-state index in [2.05, 4.69) is 22.3 Å². The van der Waals surface area contributed by atoms with E-state index in [1.54, 1.807) is 60.0 Å². The van der Waals surface area contributed by atoms with Gasteiger partial charge in [-0.2, -0.15) is 0 Å². The first-order chi connectivity index (χ1) is 32.1. The van der Waals surface area contributed by atoms with Crippen LogP contribution >= 0.6 is 0 Å². The first-order valence-electron chi connectivity index (χ1n) is 23.1. The monoisotopic (exact) mass is 930 g/mol. The molecule has 6 heterocycles. The number of rotatable bonds is 10. The number of sulfone groups is 1. The third-order valence-electron chi connectivity index (χ3n) is 14.8. The number of benzene rings is 3. The van der Waals surface area contributed by atoms with Crippen molar-refractivity contribution in [1.29, 1.82) is 0 Å². The Kier molecular flexibility index (Phi) is 10.2. The minimum atomic E-state index is -3.38. The van der Waals surface area contributed by atoms with Crippen molar-refractivity contribution in [2.24, 2.45) is 5.92 Å². The van der Waals surface area contributed by atoms with E-state index < -0.39 is 44.6 Å². The third-order valence-corrected chi connectivity index (χ3v) is 17.1. The van der Waals surface area contributed by atoms with Crippen LogP contribution in [0.5, 0.6) is 0 Å². The van der Waals surface area contributed by atoms with Gasteiger partial charge in [-0.15, -0.1) is 0 Å². The average molecular weight is 931 g/mol. The fraction of sp³-hybridized carbons (Fsp3) is 0.429. The standard InChI is InChI=1S/C49H51FN8O8S/c1-27-21-35(22-28(2)41(27)50)57-43(59)38-13-16-55(30(4)42(38)51-46(57)56-18-17-54(48(56)62)26-31-5-8-36(9-6-31)67(63,64)37-10-11-37)44(60)40-24-34-23-33(32-14-19-65-20-15-32)7-12-39(34)58(40)49(25-29(49)3)45-52-47(61)66-53-45/h5-9,12,21-24,29-30,32,37H,10-11,13-20,25-26H2,1-4H3,(H,52,53,61)/t29-,30+,49-/m1/s1. The maximum absolute atomic E-state index is 15.3. The van der Waals surface area contributed by atoms with Gasteiger partial charge >= 0.3 is 11.8 Å². The number of aryl methyl sites for hydroxylation is 2. The molecule has 0 unspecified atom stereocenters. The van der Waals surface area contributed by atoms with E-state index in [0.717, 1.165) is 34.9 Å². The number of halogens is 1. The number of urea groups is 1. The van der Waals surface area contributed by atoms with Crippen LogP contribution in [0.2, 0.25) is 0 Å². The number of aromatic nitrogens is 5. The summed E-state index contributed by atoms with van der Waals surface area (Å²) in [6.45, 7) is 9.31. The summed E-state index contributed by atoms with van der Waals surface area (Å²) >= 11 is 0. The van der Waals surface area contributed by atoms with Gasteiger partial charge in [-0.3, -0.25) is 24.0 Å². The number of anilines is 1. The Labute approximate surface area is 385 Å². The summed E-state index contributed by atoms with van der Waals surface area (Å²) < 4.78 is 54.8. The Bertz CT molecular complexity index is 3230. The van der Waals surface area contributed by atoms with Crippen LogP contribution in [-0.2, 0) is 33.1 Å². The van der Waals surface area contributed by atoms with Gasteiger partial charge in [0.1, 0.15) is 17.1 Å². The lowest BCUT2D eigenvalue weighted by atomic mass is 9.91. The Morgan fingerprint density at radius 3 is 2.30 bits per heavy atom. The summed E-state index contributed by atoms with van der Waals surface area (Å²) in [5.41, 5.74) is 3.56. The molecule has 2 aliphatic carbocycles. The van der Waals surface area contributed by atoms with Gasteiger partial charge in [-0.25, -0.2) is 31.9 Å². The molecular weight excluding hydrogens is 880 g/mol. The zero-order chi connectivity index (χ0) is 46.7. The van der Waals surface area contributed by atoms with E-state index in [4.69, 9.17) is 14.2 Å². The molecule has 67 heavy (non-hydrogen) atoms. The highest BCUT2D eigenvalue weighted by atomic mass is 32.2. The molecule has 3 aromatic carbocycles. The zero-order valence-electron chi connectivity index (χ0n) is 37.8. The number of ether oxygens (including phenoxy) is 1. The number of carbonyl (C=O) groups is 2.